The molecule has 1 N–H and O–H groups in total. The van der Waals surface area contributed by atoms with Crippen molar-refractivity contribution >= 4 is 45.0 Å². The molecule has 0 saturated carbocycles. The zero-order chi connectivity index (χ0) is 20.2. The monoisotopic (exact) mass is 433 g/mol. The molecule has 0 spiro atoms. The summed E-state index contributed by atoms with van der Waals surface area (Å²) in [4.78, 5) is 28.5. The van der Waals surface area contributed by atoms with Gasteiger partial charge in [0.25, 0.3) is 0 Å². The van der Waals surface area contributed by atoms with Crippen molar-refractivity contribution in [3.05, 3.63) is 34.9 Å². The third-order valence-corrected chi connectivity index (χ3v) is 6.69. The summed E-state index contributed by atoms with van der Waals surface area (Å²) >= 11 is 7.46. The Labute approximate surface area is 179 Å². The molecule has 2 fully saturated rings. The van der Waals surface area contributed by atoms with Crippen molar-refractivity contribution in [3.8, 4) is 0 Å². The molecular weight excluding hydrogens is 410 g/mol. The van der Waals surface area contributed by atoms with E-state index >= 15 is 0 Å². The number of hydrogen-bond acceptors (Lipinski definition) is 6. The minimum absolute atomic E-state index is 0.00139. The highest BCUT2D eigenvalue weighted by molar-refractivity contribution is 7.19. The van der Waals surface area contributed by atoms with E-state index in [4.69, 9.17) is 11.6 Å². The van der Waals surface area contributed by atoms with Crippen molar-refractivity contribution in [1.29, 1.82) is 0 Å². The number of carbonyl (C=O) groups is 2. The molecule has 0 bridgehead atoms. The number of halogens is 1. The molecule has 2 aliphatic heterocycles. The van der Waals surface area contributed by atoms with Crippen LogP contribution in [0.2, 0.25) is 5.02 Å². The number of aromatic nitrogens is 2. The van der Waals surface area contributed by atoms with E-state index < -0.39 is 0 Å². The average Bonchev–Trinajstić information content (AvgIpc) is 3.22. The molecule has 7 nitrogen and oxygen atoms in total. The van der Waals surface area contributed by atoms with Gasteiger partial charge in [-0.15, -0.1) is 10.2 Å². The molecule has 1 aromatic carbocycles. The lowest BCUT2D eigenvalue weighted by Crippen LogP contribution is -2.40. The summed E-state index contributed by atoms with van der Waals surface area (Å²) in [5.74, 6) is 0.219. The fourth-order valence-electron chi connectivity index (χ4n) is 3.77. The number of hydrogen-bond donors (Lipinski definition) is 1. The maximum atomic E-state index is 12.5. The summed E-state index contributed by atoms with van der Waals surface area (Å²) in [6.45, 7) is 2.74. The standard InChI is InChI=1S/C20H24ClN5O2S/c21-16-5-3-4-14(12-16)13-22-18(28)15-7-10-25(11-8-15)19-23-24-20(29-19)26-9-2-1-6-17(26)27/h3-5,12,15H,1-2,6-11,13H2,(H,22,28). The zero-order valence-electron chi connectivity index (χ0n) is 16.1. The summed E-state index contributed by atoms with van der Waals surface area (Å²) in [5, 5.41) is 13.7. The number of anilines is 2. The zero-order valence-corrected chi connectivity index (χ0v) is 17.7. The predicted octanol–water partition coefficient (Wildman–Crippen LogP) is 3.24. The normalized spacial score (nSPS) is 18.2. The summed E-state index contributed by atoms with van der Waals surface area (Å²) in [6.07, 6.45) is 4.10. The molecule has 4 rings (SSSR count). The van der Waals surface area contributed by atoms with Gasteiger partial charge in [-0.1, -0.05) is 35.1 Å². The van der Waals surface area contributed by atoms with Gasteiger partial charge in [-0.05, 0) is 43.4 Å². The predicted molar refractivity (Wildman–Crippen MR) is 114 cm³/mol. The van der Waals surface area contributed by atoms with Gasteiger partial charge in [0.1, 0.15) is 0 Å². The molecule has 2 saturated heterocycles. The molecule has 29 heavy (non-hydrogen) atoms. The van der Waals surface area contributed by atoms with Crippen molar-refractivity contribution in [2.75, 3.05) is 29.4 Å². The highest BCUT2D eigenvalue weighted by Gasteiger charge is 2.28. The van der Waals surface area contributed by atoms with Crippen molar-refractivity contribution in [2.45, 2.75) is 38.6 Å². The number of benzene rings is 1. The van der Waals surface area contributed by atoms with Crippen LogP contribution in [0.25, 0.3) is 0 Å². The molecule has 3 heterocycles. The fraction of sp³-hybridized carbons (Fsp3) is 0.500. The first-order valence-corrected chi connectivity index (χ1v) is 11.2. The van der Waals surface area contributed by atoms with Gasteiger partial charge in [0, 0.05) is 43.5 Å². The van der Waals surface area contributed by atoms with Crippen LogP contribution in [0.5, 0.6) is 0 Å². The molecule has 2 aromatic rings. The van der Waals surface area contributed by atoms with Gasteiger partial charge in [-0.2, -0.15) is 0 Å². The van der Waals surface area contributed by atoms with Gasteiger partial charge in [-0.25, -0.2) is 0 Å². The Hall–Kier alpha value is -2.19. The summed E-state index contributed by atoms with van der Waals surface area (Å²) in [5.41, 5.74) is 0.997. The van der Waals surface area contributed by atoms with Crippen molar-refractivity contribution < 1.29 is 9.59 Å². The Kier molecular flexibility index (Phi) is 6.30. The Balaban J connectivity index is 1.28. The first kappa shape index (κ1) is 20.1. The van der Waals surface area contributed by atoms with E-state index in [9.17, 15) is 9.59 Å². The average molecular weight is 434 g/mol. The van der Waals surface area contributed by atoms with Crippen LogP contribution in [0.3, 0.4) is 0 Å². The third-order valence-electron chi connectivity index (χ3n) is 5.45. The quantitative estimate of drug-likeness (QED) is 0.783. The summed E-state index contributed by atoms with van der Waals surface area (Å²) < 4.78 is 0. The largest absolute Gasteiger partial charge is 0.352 e. The number of amides is 2. The minimum Gasteiger partial charge on any atom is -0.352 e. The molecule has 0 atom stereocenters. The highest BCUT2D eigenvalue weighted by Crippen LogP contribution is 2.31. The Bertz CT molecular complexity index is 881. The fourth-order valence-corrected chi connectivity index (χ4v) is 4.92. The van der Waals surface area contributed by atoms with Crippen LogP contribution in [-0.4, -0.2) is 41.6 Å². The summed E-state index contributed by atoms with van der Waals surface area (Å²) in [7, 11) is 0. The SMILES string of the molecule is O=C(NCc1cccc(Cl)c1)C1CCN(c2nnc(N3CCCCC3=O)s2)CC1. The number of piperidine rings is 2. The molecule has 2 amide bonds. The van der Waals surface area contributed by atoms with Crippen LogP contribution in [0.15, 0.2) is 24.3 Å². The lowest BCUT2D eigenvalue weighted by atomic mass is 9.96. The van der Waals surface area contributed by atoms with Gasteiger partial charge in [0.15, 0.2) is 0 Å². The van der Waals surface area contributed by atoms with Gasteiger partial charge in [-0.3, -0.25) is 14.5 Å². The molecule has 154 valence electrons. The Morgan fingerprint density at radius 3 is 2.72 bits per heavy atom. The van der Waals surface area contributed by atoms with Gasteiger partial charge in [0.05, 0.1) is 0 Å². The van der Waals surface area contributed by atoms with E-state index in [1.165, 1.54) is 11.3 Å². The van der Waals surface area contributed by atoms with Gasteiger partial charge in [0.2, 0.25) is 22.1 Å². The molecular formula is C20H24ClN5O2S. The van der Waals surface area contributed by atoms with Gasteiger partial charge < -0.3 is 10.2 Å². The molecule has 9 heteroatoms. The lowest BCUT2D eigenvalue weighted by molar-refractivity contribution is -0.125. The molecule has 1 aromatic heterocycles. The third kappa shape index (κ3) is 4.87. The summed E-state index contributed by atoms with van der Waals surface area (Å²) in [6, 6.07) is 7.53. The molecule has 0 unspecified atom stereocenters. The van der Waals surface area contributed by atoms with Crippen LogP contribution in [0.1, 0.15) is 37.7 Å². The smallest absolute Gasteiger partial charge is 0.228 e. The number of rotatable bonds is 5. The van der Waals surface area contributed by atoms with E-state index in [0.717, 1.165) is 56.0 Å². The van der Waals surface area contributed by atoms with Crippen LogP contribution in [0.4, 0.5) is 10.3 Å². The van der Waals surface area contributed by atoms with E-state index in [2.05, 4.69) is 20.4 Å². The van der Waals surface area contributed by atoms with Gasteiger partial charge >= 0.3 is 0 Å². The molecule has 0 radical (unpaired) electrons. The second-order valence-corrected chi connectivity index (χ2v) is 8.85. The van der Waals surface area contributed by atoms with Crippen molar-refractivity contribution in [3.63, 3.8) is 0 Å². The Morgan fingerprint density at radius 2 is 1.97 bits per heavy atom. The second kappa shape index (κ2) is 9.09. The second-order valence-electron chi connectivity index (χ2n) is 7.48. The van der Waals surface area contributed by atoms with Crippen LogP contribution < -0.4 is 15.1 Å². The lowest BCUT2D eigenvalue weighted by Gasteiger charge is -2.30. The Morgan fingerprint density at radius 1 is 1.17 bits per heavy atom. The van der Waals surface area contributed by atoms with Crippen molar-refractivity contribution in [1.82, 2.24) is 15.5 Å². The van der Waals surface area contributed by atoms with Crippen LogP contribution in [0, 0.1) is 5.92 Å². The van der Waals surface area contributed by atoms with E-state index in [-0.39, 0.29) is 17.7 Å². The highest BCUT2D eigenvalue weighted by atomic mass is 35.5. The van der Waals surface area contributed by atoms with Crippen molar-refractivity contribution in [2.24, 2.45) is 5.92 Å². The topological polar surface area (TPSA) is 78.4 Å². The molecule has 0 aliphatic carbocycles. The minimum atomic E-state index is 0.00139. The first-order valence-electron chi connectivity index (χ1n) is 10.0. The van der Waals surface area contributed by atoms with E-state index in [0.29, 0.717) is 23.1 Å². The van der Waals surface area contributed by atoms with Crippen LogP contribution >= 0.6 is 22.9 Å². The first-order chi connectivity index (χ1) is 14.1. The number of nitrogens with zero attached hydrogens (tertiary/aromatic N) is 4. The number of carbonyl (C=O) groups excluding carboxylic acids is 2. The van der Waals surface area contributed by atoms with E-state index in [1.54, 1.807) is 4.90 Å². The maximum Gasteiger partial charge on any atom is 0.228 e. The van der Waals surface area contributed by atoms with E-state index in [1.807, 2.05) is 24.3 Å². The van der Waals surface area contributed by atoms with Crippen LogP contribution in [-0.2, 0) is 16.1 Å². The maximum absolute atomic E-state index is 12.5. The molecule has 2 aliphatic rings. The number of nitrogens with one attached hydrogen (secondary N) is 1.